The summed E-state index contributed by atoms with van der Waals surface area (Å²) in [6.07, 6.45) is 6.34. The highest BCUT2D eigenvalue weighted by atomic mass is 16.5. The number of nitrogens with two attached hydrogens (primary N) is 1. The number of carbonyl (C=O) groups is 1. The minimum atomic E-state index is -0.378. The standard InChI is InChI=1S/C20H21N3O2/c1-25-20(24)14-10-8-13(9-11-14)18-15-6-4-2-3-5-7-17(15)23-19(22)16(18)12-21/h8-11H,2-7H2,1H3,(H2,22,23). The number of benzene rings is 1. The van der Waals surface area contributed by atoms with Crippen LogP contribution in [-0.2, 0) is 17.6 Å². The summed E-state index contributed by atoms with van der Waals surface area (Å²) in [6.45, 7) is 0. The smallest absolute Gasteiger partial charge is 0.337 e. The molecule has 0 bridgehead atoms. The first kappa shape index (κ1) is 17.0. The molecular weight excluding hydrogens is 314 g/mol. The van der Waals surface area contributed by atoms with Gasteiger partial charge < -0.3 is 10.5 Å². The Hall–Kier alpha value is -2.87. The summed E-state index contributed by atoms with van der Waals surface area (Å²) < 4.78 is 4.75. The zero-order valence-corrected chi connectivity index (χ0v) is 14.3. The SMILES string of the molecule is COC(=O)c1ccc(-c2c(C#N)c(N)nc3c2CCCCCC3)cc1. The highest BCUT2D eigenvalue weighted by molar-refractivity contribution is 5.90. The van der Waals surface area contributed by atoms with Gasteiger partial charge in [0.05, 0.1) is 12.7 Å². The fourth-order valence-electron chi connectivity index (χ4n) is 3.44. The largest absolute Gasteiger partial charge is 0.465 e. The predicted octanol–water partition coefficient (Wildman–Crippen LogP) is 3.65. The van der Waals surface area contributed by atoms with Gasteiger partial charge in [-0.05, 0) is 48.9 Å². The molecule has 1 aromatic carbocycles. The van der Waals surface area contributed by atoms with E-state index in [2.05, 4.69) is 11.1 Å². The molecule has 0 spiro atoms. The molecule has 5 nitrogen and oxygen atoms in total. The molecule has 3 rings (SSSR count). The van der Waals surface area contributed by atoms with E-state index in [1.165, 1.54) is 20.0 Å². The molecule has 0 aliphatic heterocycles. The molecule has 2 N–H and O–H groups in total. The molecule has 0 unspecified atom stereocenters. The van der Waals surface area contributed by atoms with E-state index in [9.17, 15) is 10.1 Å². The van der Waals surface area contributed by atoms with Crippen LogP contribution in [0.25, 0.3) is 11.1 Å². The van der Waals surface area contributed by atoms with Gasteiger partial charge in [0.25, 0.3) is 0 Å². The number of aromatic nitrogens is 1. The number of nitriles is 1. The van der Waals surface area contributed by atoms with Gasteiger partial charge in [0.15, 0.2) is 0 Å². The molecule has 0 amide bonds. The molecule has 128 valence electrons. The van der Waals surface area contributed by atoms with Gasteiger partial charge in [-0.2, -0.15) is 5.26 Å². The maximum Gasteiger partial charge on any atom is 0.337 e. The van der Waals surface area contributed by atoms with Crippen molar-refractivity contribution >= 4 is 11.8 Å². The van der Waals surface area contributed by atoms with Crippen molar-refractivity contribution in [2.24, 2.45) is 0 Å². The van der Waals surface area contributed by atoms with Crippen molar-refractivity contribution in [3.8, 4) is 17.2 Å². The minimum Gasteiger partial charge on any atom is -0.465 e. The van der Waals surface area contributed by atoms with Crippen LogP contribution >= 0.6 is 0 Å². The molecule has 1 aliphatic rings. The van der Waals surface area contributed by atoms with Crippen molar-refractivity contribution < 1.29 is 9.53 Å². The molecule has 1 aromatic heterocycles. The zero-order chi connectivity index (χ0) is 17.8. The fourth-order valence-corrected chi connectivity index (χ4v) is 3.44. The second-order valence-electron chi connectivity index (χ2n) is 6.27. The number of anilines is 1. The molecule has 1 aliphatic carbocycles. The van der Waals surface area contributed by atoms with Crippen molar-refractivity contribution in [1.82, 2.24) is 4.98 Å². The predicted molar refractivity (Wildman–Crippen MR) is 96.0 cm³/mol. The van der Waals surface area contributed by atoms with E-state index in [1.807, 2.05) is 12.1 Å². The summed E-state index contributed by atoms with van der Waals surface area (Å²) in [6, 6.07) is 9.35. The highest BCUT2D eigenvalue weighted by Gasteiger charge is 2.21. The van der Waals surface area contributed by atoms with Crippen molar-refractivity contribution in [1.29, 1.82) is 5.26 Å². The summed E-state index contributed by atoms with van der Waals surface area (Å²) in [7, 11) is 1.36. The van der Waals surface area contributed by atoms with E-state index in [0.717, 1.165) is 48.1 Å². The summed E-state index contributed by atoms with van der Waals surface area (Å²) in [4.78, 5) is 16.2. The zero-order valence-electron chi connectivity index (χ0n) is 14.3. The number of ether oxygens (including phenoxy) is 1. The summed E-state index contributed by atoms with van der Waals surface area (Å²) >= 11 is 0. The van der Waals surface area contributed by atoms with E-state index in [0.29, 0.717) is 11.1 Å². The van der Waals surface area contributed by atoms with E-state index in [4.69, 9.17) is 10.5 Å². The van der Waals surface area contributed by atoms with Crippen molar-refractivity contribution in [3.05, 3.63) is 46.6 Å². The third-order valence-electron chi connectivity index (χ3n) is 4.71. The third-order valence-corrected chi connectivity index (χ3v) is 4.71. The first-order valence-corrected chi connectivity index (χ1v) is 8.55. The summed E-state index contributed by atoms with van der Waals surface area (Å²) in [5.41, 5.74) is 10.9. The van der Waals surface area contributed by atoms with Gasteiger partial charge in [-0.25, -0.2) is 9.78 Å². The lowest BCUT2D eigenvalue weighted by Crippen LogP contribution is -2.10. The van der Waals surface area contributed by atoms with Crippen molar-refractivity contribution in [3.63, 3.8) is 0 Å². The van der Waals surface area contributed by atoms with Crippen LogP contribution in [0.15, 0.2) is 24.3 Å². The molecular formula is C20H21N3O2. The van der Waals surface area contributed by atoms with Gasteiger partial charge in [0.1, 0.15) is 17.5 Å². The van der Waals surface area contributed by atoms with E-state index >= 15 is 0 Å². The van der Waals surface area contributed by atoms with Gasteiger partial charge in [-0.3, -0.25) is 0 Å². The Kier molecular flexibility index (Phi) is 4.99. The number of hydrogen-bond acceptors (Lipinski definition) is 5. The number of fused-ring (bicyclic) bond motifs is 1. The monoisotopic (exact) mass is 335 g/mol. The quantitative estimate of drug-likeness (QED) is 0.846. The molecule has 0 saturated carbocycles. The Balaban J connectivity index is 2.16. The number of nitrogen functional groups attached to an aromatic ring is 1. The molecule has 0 saturated heterocycles. The van der Waals surface area contributed by atoms with Gasteiger partial charge in [-0.1, -0.05) is 25.0 Å². The molecule has 0 atom stereocenters. The first-order valence-electron chi connectivity index (χ1n) is 8.55. The van der Waals surface area contributed by atoms with Gasteiger partial charge in [0.2, 0.25) is 0 Å². The van der Waals surface area contributed by atoms with Crippen LogP contribution in [0, 0.1) is 11.3 Å². The lowest BCUT2D eigenvalue weighted by atomic mass is 9.87. The molecule has 5 heteroatoms. The minimum absolute atomic E-state index is 0.286. The Bertz CT molecular complexity index is 836. The van der Waals surface area contributed by atoms with Crippen molar-refractivity contribution in [2.75, 3.05) is 12.8 Å². The average Bonchev–Trinajstić information content (AvgIpc) is 2.62. The first-order chi connectivity index (χ1) is 12.2. The Morgan fingerprint density at radius 3 is 2.48 bits per heavy atom. The Morgan fingerprint density at radius 1 is 1.16 bits per heavy atom. The second kappa shape index (κ2) is 7.35. The topological polar surface area (TPSA) is 89.0 Å². The van der Waals surface area contributed by atoms with Crippen LogP contribution in [0.4, 0.5) is 5.82 Å². The number of nitrogens with zero attached hydrogens (tertiary/aromatic N) is 2. The number of pyridine rings is 1. The van der Waals surface area contributed by atoms with Gasteiger partial charge in [-0.15, -0.1) is 0 Å². The Morgan fingerprint density at radius 2 is 1.84 bits per heavy atom. The average molecular weight is 335 g/mol. The highest BCUT2D eigenvalue weighted by Crippen LogP contribution is 2.35. The molecule has 0 radical (unpaired) electrons. The maximum atomic E-state index is 11.7. The number of carbonyl (C=O) groups excluding carboxylic acids is 1. The van der Waals surface area contributed by atoms with Gasteiger partial charge in [0, 0.05) is 11.3 Å². The van der Waals surface area contributed by atoms with E-state index in [-0.39, 0.29) is 11.8 Å². The lowest BCUT2D eigenvalue weighted by Gasteiger charge is -2.19. The number of esters is 1. The summed E-state index contributed by atoms with van der Waals surface area (Å²) in [5, 5.41) is 9.62. The molecule has 2 aromatic rings. The molecule has 25 heavy (non-hydrogen) atoms. The normalized spacial score (nSPS) is 13.9. The molecule has 0 fully saturated rings. The number of rotatable bonds is 2. The second-order valence-corrected chi connectivity index (χ2v) is 6.27. The Labute approximate surface area is 147 Å². The van der Waals surface area contributed by atoms with Crippen molar-refractivity contribution in [2.45, 2.75) is 38.5 Å². The number of aryl methyl sites for hydroxylation is 1. The molecule has 1 heterocycles. The van der Waals surface area contributed by atoms with E-state index in [1.54, 1.807) is 12.1 Å². The van der Waals surface area contributed by atoms with Crippen LogP contribution in [0.5, 0.6) is 0 Å². The maximum absolute atomic E-state index is 11.7. The van der Waals surface area contributed by atoms with Crippen LogP contribution in [0.3, 0.4) is 0 Å². The fraction of sp³-hybridized carbons (Fsp3) is 0.350. The third kappa shape index (κ3) is 3.34. The van der Waals surface area contributed by atoms with Crippen LogP contribution in [0.2, 0.25) is 0 Å². The number of hydrogen-bond donors (Lipinski definition) is 1. The summed E-state index contributed by atoms with van der Waals surface area (Å²) in [5.74, 6) is -0.0921. The number of methoxy groups -OCH3 is 1. The van der Waals surface area contributed by atoms with Gasteiger partial charge >= 0.3 is 5.97 Å². The van der Waals surface area contributed by atoms with E-state index < -0.39 is 0 Å². The van der Waals surface area contributed by atoms with Crippen LogP contribution in [-0.4, -0.2) is 18.1 Å². The van der Waals surface area contributed by atoms with Crippen LogP contribution in [0.1, 0.15) is 52.9 Å². The lowest BCUT2D eigenvalue weighted by molar-refractivity contribution is 0.0601. The van der Waals surface area contributed by atoms with Crippen LogP contribution < -0.4 is 5.73 Å².